The predicted octanol–water partition coefficient (Wildman–Crippen LogP) is 2.44. The van der Waals surface area contributed by atoms with E-state index in [4.69, 9.17) is 4.74 Å². The highest BCUT2D eigenvalue weighted by molar-refractivity contribution is 5.95. The van der Waals surface area contributed by atoms with Crippen LogP contribution in [0.5, 0.6) is 0 Å². The number of carbonyl (C=O) groups is 2. The fraction of sp³-hybridized carbons (Fsp3) is 0.421. The van der Waals surface area contributed by atoms with E-state index in [1.165, 1.54) is 6.20 Å². The molecule has 2 aromatic rings. The number of piperidine rings is 1. The maximum atomic E-state index is 12.4. The van der Waals surface area contributed by atoms with Crippen LogP contribution in [0.2, 0.25) is 0 Å². The molecule has 1 atom stereocenters. The summed E-state index contributed by atoms with van der Waals surface area (Å²) in [6.45, 7) is 4.78. The van der Waals surface area contributed by atoms with Gasteiger partial charge in [-0.25, -0.2) is 9.48 Å². The van der Waals surface area contributed by atoms with Crippen molar-refractivity contribution in [3.63, 3.8) is 0 Å². The summed E-state index contributed by atoms with van der Waals surface area (Å²) in [6, 6.07) is 7.27. The molecule has 138 valence electrons. The van der Waals surface area contributed by atoms with Crippen molar-refractivity contribution < 1.29 is 14.3 Å². The van der Waals surface area contributed by atoms with Gasteiger partial charge < -0.3 is 15.4 Å². The van der Waals surface area contributed by atoms with Crippen molar-refractivity contribution in [2.45, 2.75) is 39.2 Å². The zero-order valence-corrected chi connectivity index (χ0v) is 15.1. The van der Waals surface area contributed by atoms with Gasteiger partial charge in [-0.1, -0.05) is 12.5 Å². The number of hydrogen-bond donors (Lipinski definition) is 2. The summed E-state index contributed by atoms with van der Waals surface area (Å²) in [5, 5.41) is 10.5. The second-order valence-electron chi connectivity index (χ2n) is 6.32. The van der Waals surface area contributed by atoms with E-state index < -0.39 is 0 Å². The molecule has 2 N–H and O–H groups in total. The molecule has 0 radical (unpaired) electrons. The lowest BCUT2D eigenvalue weighted by atomic mass is 10.0. The van der Waals surface area contributed by atoms with Crippen molar-refractivity contribution in [2.75, 3.05) is 18.5 Å². The lowest BCUT2D eigenvalue weighted by Crippen LogP contribution is -2.43. The monoisotopic (exact) mass is 356 g/mol. The molecular formula is C19H24N4O3. The van der Waals surface area contributed by atoms with Gasteiger partial charge in [0.15, 0.2) is 0 Å². The third-order valence-electron chi connectivity index (χ3n) is 4.49. The van der Waals surface area contributed by atoms with Crippen molar-refractivity contribution >= 4 is 17.6 Å². The summed E-state index contributed by atoms with van der Waals surface area (Å²) in [6.07, 6.45) is 4.53. The Balaban J connectivity index is 1.77. The maximum Gasteiger partial charge on any atom is 0.341 e. The highest BCUT2D eigenvalue weighted by atomic mass is 16.5. The highest BCUT2D eigenvalue weighted by Crippen LogP contribution is 2.19. The number of nitrogens with zero attached hydrogens (tertiary/aromatic N) is 2. The lowest BCUT2D eigenvalue weighted by molar-refractivity contribution is -0.118. The third kappa shape index (κ3) is 3.94. The molecule has 0 saturated carbocycles. The first-order chi connectivity index (χ1) is 12.6. The highest BCUT2D eigenvalue weighted by Gasteiger charge is 2.21. The molecule has 0 spiro atoms. The molecule has 0 bridgehead atoms. The van der Waals surface area contributed by atoms with Gasteiger partial charge in [0.2, 0.25) is 5.91 Å². The number of anilines is 1. The van der Waals surface area contributed by atoms with E-state index in [-0.39, 0.29) is 17.9 Å². The number of aromatic nitrogens is 2. The Labute approximate surface area is 152 Å². The maximum absolute atomic E-state index is 12.4. The number of rotatable bonds is 5. The van der Waals surface area contributed by atoms with E-state index in [0.29, 0.717) is 23.6 Å². The Hall–Kier alpha value is -2.67. The molecule has 3 rings (SSSR count). The molecule has 2 heterocycles. The van der Waals surface area contributed by atoms with E-state index in [2.05, 4.69) is 15.7 Å². The van der Waals surface area contributed by atoms with Crippen LogP contribution in [-0.4, -0.2) is 40.9 Å². The van der Waals surface area contributed by atoms with Gasteiger partial charge in [-0.05, 0) is 51.4 Å². The Kier molecular flexibility index (Phi) is 5.68. The van der Waals surface area contributed by atoms with Crippen LogP contribution in [0.25, 0.3) is 5.69 Å². The van der Waals surface area contributed by atoms with Crippen LogP contribution in [0.1, 0.15) is 42.2 Å². The SMILES string of the molecule is CCOC(=O)c1cnn(-c2cccc(NC(=O)C3CCCCN3)c2)c1C. The Bertz CT molecular complexity index is 794. The molecule has 1 aromatic heterocycles. The third-order valence-corrected chi connectivity index (χ3v) is 4.49. The van der Waals surface area contributed by atoms with E-state index in [0.717, 1.165) is 31.5 Å². The summed E-state index contributed by atoms with van der Waals surface area (Å²) < 4.78 is 6.71. The molecule has 1 amide bonds. The summed E-state index contributed by atoms with van der Waals surface area (Å²) in [4.78, 5) is 24.3. The van der Waals surface area contributed by atoms with Crippen LogP contribution in [0.15, 0.2) is 30.5 Å². The second kappa shape index (κ2) is 8.14. The van der Waals surface area contributed by atoms with E-state index in [1.807, 2.05) is 31.2 Å². The Morgan fingerprint density at radius 2 is 2.23 bits per heavy atom. The largest absolute Gasteiger partial charge is 0.462 e. The topological polar surface area (TPSA) is 85.2 Å². The number of carbonyl (C=O) groups excluding carboxylic acids is 2. The predicted molar refractivity (Wildman–Crippen MR) is 98.5 cm³/mol. The van der Waals surface area contributed by atoms with Crippen molar-refractivity contribution in [1.82, 2.24) is 15.1 Å². The van der Waals surface area contributed by atoms with Crippen molar-refractivity contribution in [3.8, 4) is 5.69 Å². The molecule has 7 heteroatoms. The van der Waals surface area contributed by atoms with Gasteiger partial charge in [0.25, 0.3) is 0 Å². The molecule has 1 aliphatic rings. The number of ether oxygens (including phenoxy) is 1. The van der Waals surface area contributed by atoms with Crippen molar-refractivity contribution in [1.29, 1.82) is 0 Å². The van der Waals surface area contributed by atoms with Crippen LogP contribution in [0, 0.1) is 6.92 Å². The van der Waals surface area contributed by atoms with E-state index in [9.17, 15) is 9.59 Å². The van der Waals surface area contributed by atoms with E-state index >= 15 is 0 Å². The lowest BCUT2D eigenvalue weighted by Gasteiger charge is -2.22. The number of esters is 1. The zero-order valence-electron chi connectivity index (χ0n) is 15.1. The first-order valence-electron chi connectivity index (χ1n) is 8.96. The van der Waals surface area contributed by atoms with Crippen LogP contribution in [-0.2, 0) is 9.53 Å². The molecule has 26 heavy (non-hydrogen) atoms. The smallest absolute Gasteiger partial charge is 0.341 e. The molecule has 1 fully saturated rings. The van der Waals surface area contributed by atoms with Crippen molar-refractivity contribution in [3.05, 3.63) is 41.7 Å². The first-order valence-corrected chi connectivity index (χ1v) is 8.96. The second-order valence-corrected chi connectivity index (χ2v) is 6.32. The van der Waals surface area contributed by atoms with Gasteiger partial charge in [0.1, 0.15) is 5.56 Å². The van der Waals surface area contributed by atoms with Gasteiger partial charge in [-0.2, -0.15) is 5.10 Å². The van der Waals surface area contributed by atoms with Crippen LogP contribution in [0.4, 0.5) is 5.69 Å². The number of nitrogens with one attached hydrogen (secondary N) is 2. The Morgan fingerprint density at radius 3 is 2.96 bits per heavy atom. The summed E-state index contributed by atoms with van der Waals surface area (Å²) in [7, 11) is 0. The van der Waals surface area contributed by atoms with Gasteiger partial charge in [-0.15, -0.1) is 0 Å². The molecule has 0 aliphatic carbocycles. The first kappa shape index (κ1) is 18.1. The fourth-order valence-corrected chi connectivity index (χ4v) is 3.10. The number of amides is 1. The van der Waals surface area contributed by atoms with Gasteiger partial charge in [-0.3, -0.25) is 4.79 Å². The molecule has 1 aromatic carbocycles. The fourth-order valence-electron chi connectivity index (χ4n) is 3.10. The van der Waals surface area contributed by atoms with Crippen LogP contribution < -0.4 is 10.6 Å². The van der Waals surface area contributed by atoms with Gasteiger partial charge in [0.05, 0.1) is 30.2 Å². The summed E-state index contributed by atoms with van der Waals surface area (Å²) >= 11 is 0. The van der Waals surface area contributed by atoms with Crippen LogP contribution in [0.3, 0.4) is 0 Å². The summed E-state index contributed by atoms with van der Waals surface area (Å²) in [5.74, 6) is -0.407. The molecule has 1 unspecified atom stereocenters. The molecular weight excluding hydrogens is 332 g/mol. The molecule has 1 saturated heterocycles. The number of hydrogen-bond acceptors (Lipinski definition) is 5. The van der Waals surface area contributed by atoms with E-state index in [1.54, 1.807) is 11.6 Å². The molecule has 7 nitrogen and oxygen atoms in total. The van der Waals surface area contributed by atoms with Gasteiger partial charge in [0, 0.05) is 5.69 Å². The standard InChI is InChI=1S/C19H24N4O3/c1-3-26-19(25)16-12-21-23(13(16)2)15-8-6-7-14(11-15)22-18(24)17-9-4-5-10-20-17/h6-8,11-12,17,20H,3-5,9-10H2,1-2H3,(H,22,24). The number of benzene rings is 1. The minimum absolute atomic E-state index is 0.0220. The Morgan fingerprint density at radius 1 is 1.38 bits per heavy atom. The van der Waals surface area contributed by atoms with Crippen molar-refractivity contribution in [2.24, 2.45) is 0 Å². The zero-order chi connectivity index (χ0) is 18.5. The normalized spacial score (nSPS) is 16.9. The summed E-state index contributed by atoms with van der Waals surface area (Å²) in [5.41, 5.74) is 2.61. The minimum Gasteiger partial charge on any atom is -0.462 e. The minimum atomic E-state index is -0.385. The average Bonchev–Trinajstić information content (AvgIpc) is 3.04. The van der Waals surface area contributed by atoms with Crippen LogP contribution >= 0.6 is 0 Å². The quantitative estimate of drug-likeness (QED) is 0.804. The molecule has 1 aliphatic heterocycles. The average molecular weight is 356 g/mol. The van der Waals surface area contributed by atoms with Gasteiger partial charge >= 0.3 is 5.97 Å².